The van der Waals surface area contributed by atoms with Crippen molar-refractivity contribution in [3.8, 4) is 0 Å². The molecule has 56 valence electrons. The zero-order valence-corrected chi connectivity index (χ0v) is 6.70. The van der Waals surface area contributed by atoms with Crippen molar-refractivity contribution < 1.29 is 0 Å². The standard InChI is InChI=1S/C7H13N3/c1-6(2)4-7-9-8-5-10(7)3/h5-6H,4H2,1-3H3. The van der Waals surface area contributed by atoms with Gasteiger partial charge in [-0.1, -0.05) is 13.8 Å². The second kappa shape index (κ2) is 2.82. The van der Waals surface area contributed by atoms with Crippen molar-refractivity contribution >= 4 is 0 Å². The topological polar surface area (TPSA) is 30.7 Å². The molecular formula is C7H13N3. The van der Waals surface area contributed by atoms with Gasteiger partial charge in [-0.3, -0.25) is 0 Å². The van der Waals surface area contributed by atoms with Gasteiger partial charge in [-0.05, 0) is 5.92 Å². The van der Waals surface area contributed by atoms with Gasteiger partial charge in [0.15, 0.2) is 0 Å². The maximum absolute atomic E-state index is 3.97. The Balaban J connectivity index is 2.65. The first-order valence-corrected chi connectivity index (χ1v) is 3.53. The van der Waals surface area contributed by atoms with E-state index in [0.717, 1.165) is 12.2 Å². The molecule has 0 atom stereocenters. The maximum Gasteiger partial charge on any atom is 0.132 e. The Morgan fingerprint density at radius 2 is 2.30 bits per heavy atom. The highest BCUT2D eigenvalue weighted by Crippen LogP contribution is 2.02. The highest BCUT2D eigenvalue weighted by atomic mass is 15.2. The van der Waals surface area contributed by atoms with Gasteiger partial charge < -0.3 is 4.57 Å². The van der Waals surface area contributed by atoms with Gasteiger partial charge >= 0.3 is 0 Å². The highest BCUT2D eigenvalue weighted by molar-refractivity contribution is 4.84. The molecule has 0 bridgehead atoms. The smallest absolute Gasteiger partial charge is 0.132 e. The number of rotatable bonds is 2. The molecule has 0 saturated carbocycles. The van der Waals surface area contributed by atoms with E-state index in [0.29, 0.717) is 5.92 Å². The zero-order valence-electron chi connectivity index (χ0n) is 6.70. The third-order valence-corrected chi connectivity index (χ3v) is 1.40. The molecule has 1 heterocycles. The van der Waals surface area contributed by atoms with Crippen molar-refractivity contribution in [2.45, 2.75) is 20.3 Å². The summed E-state index contributed by atoms with van der Waals surface area (Å²) in [7, 11) is 1.97. The van der Waals surface area contributed by atoms with Crippen LogP contribution in [-0.2, 0) is 13.5 Å². The van der Waals surface area contributed by atoms with Crippen LogP contribution in [0.3, 0.4) is 0 Å². The summed E-state index contributed by atoms with van der Waals surface area (Å²) in [5, 5.41) is 7.76. The van der Waals surface area contributed by atoms with E-state index in [4.69, 9.17) is 0 Å². The molecule has 0 amide bonds. The van der Waals surface area contributed by atoms with Crippen LogP contribution in [0.2, 0.25) is 0 Å². The second-order valence-corrected chi connectivity index (χ2v) is 2.96. The predicted octanol–water partition coefficient (Wildman–Crippen LogP) is 1.01. The van der Waals surface area contributed by atoms with E-state index < -0.39 is 0 Å². The molecule has 1 aromatic rings. The lowest BCUT2D eigenvalue weighted by Gasteiger charge is -2.01. The first-order chi connectivity index (χ1) is 4.70. The number of aromatic nitrogens is 3. The minimum Gasteiger partial charge on any atom is -0.321 e. The van der Waals surface area contributed by atoms with Crippen molar-refractivity contribution in [1.82, 2.24) is 14.8 Å². The van der Waals surface area contributed by atoms with E-state index in [-0.39, 0.29) is 0 Å². The molecule has 1 rings (SSSR count). The summed E-state index contributed by atoms with van der Waals surface area (Å²) in [5.74, 6) is 1.72. The third kappa shape index (κ3) is 1.56. The van der Waals surface area contributed by atoms with E-state index in [1.807, 2.05) is 11.6 Å². The molecule has 0 spiro atoms. The molecular weight excluding hydrogens is 126 g/mol. The van der Waals surface area contributed by atoms with Crippen molar-refractivity contribution in [2.24, 2.45) is 13.0 Å². The van der Waals surface area contributed by atoms with E-state index in [1.54, 1.807) is 6.33 Å². The van der Waals surface area contributed by atoms with Crippen molar-refractivity contribution in [2.75, 3.05) is 0 Å². The van der Waals surface area contributed by atoms with Gasteiger partial charge in [0.1, 0.15) is 12.2 Å². The molecule has 0 fully saturated rings. The van der Waals surface area contributed by atoms with Gasteiger partial charge in [-0.2, -0.15) is 0 Å². The van der Waals surface area contributed by atoms with Crippen molar-refractivity contribution in [3.63, 3.8) is 0 Å². The first-order valence-electron chi connectivity index (χ1n) is 3.53. The average Bonchev–Trinajstić information content (AvgIpc) is 2.15. The van der Waals surface area contributed by atoms with Crippen LogP contribution in [0.5, 0.6) is 0 Å². The normalized spacial score (nSPS) is 10.8. The van der Waals surface area contributed by atoms with Gasteiger partial charge in [0.25, 0.3) is 0 Å². The molecule has 0 N–H and O–H groups in total. The van der Waals surface area contributed by atoms with E-state index >= 15 is 0 Å². The fourth-order valence-corrected chi connectivity index (χ4v) is 0.857. The van der Waals surface area contributed by atoms with Gasteiger partial charge in [-0.15, -0.1) is 10.2 Å². The van der Waals surface area contributed by atoms with Crippen LogP contribution in [0.15, 0.2) is 6.33 Å². The summed E-state index contributed by atoms with van der Waals surface area (Å²) in [4.78, 5) is 0. The van der Waals surface area contributed by atoms with Crippen LogP contribution in [0.4, 0.5) is 0 Å². The average molecular weight is 139 g/mol. The van der Waals surface area contributed by atoms with Crippen LogP contribution in [0.25, 0.3) is 0 Å². The van der Waals surface area contributed by atoms with E-state index in [1.165, 1.54) is 0 Å². The molecule has 0 aromatic carbocycles. The molecule has 10 heavy (non-hydrogen) atoms. The van der Waals surface area contributed by atoms with Crippen LogP contribution >= 0.6 is 0 Å². The molecule has 0 aliphatic carbocycles. The lowest BCUT2D eigenvalue weighted by atomic mass is 10.1. The molecule has 0 unspecified atom stereocenters. The molecule has 0 aliphatic rings. The molecule has 3 nitrogen and oxygen atoms in total. The Bertz CT molecular complexity index is 202. The van der Waals surface area contributed by atoms with E-state index in [2.05, 4.69) is 24.0 Å². The Kier molecular flexibility index (Phi) is 2.04. The van der Waals surface area contributed by atoms with Crippen LogP contribution in [0, 0.1) is 5.92 Å². The van der Waals surface area contributed by atoms with Crippen LogP contribution in [-0.4, -0.2) is 14.8 Å². The largest absolute Gasteiger partial charge is 0.321 e. The summed E-state index contributed by atoms with van der Waals surface area (Å²) in [6.45, 7) is 4.35. The number of hydrogen-bond donors (Lipinski definition) is 0. The summed E-state index contributed by atoms with van der Waals surface area (Å²) in [6, 6.07) is 0. The highest BCUT2D eigenvalue weighted by Gasteiger charge is 2.01. The number of aryl methyl sites for hydroxylation is 1. The van der Waals surface area contributed by atoms with Crippen LogP contribution in [0.1, 0.15) is 19.7 Å². The lowest BCUT2D eigenvalue weighted by molar-refractivity contribution is 0.601. The van der Waals surface area contributed by atoms with Gasteiger partial charge in [0, 0.05) is 13.5 Å². The SMILES string of the molecule is CC(C)Cc1nncn1C. The van der Waals surface area contributed by atoms with E-state index in [9.17, 15) is 0 Å². The van der Waals surface area contributed by atoms with Crippen LogP contribution < -0.4 is 0 Å². The number of nitrogens with zero attached hydrogens (tertiary/aromatic N) is 3. The minimum absolute atomic E-state index is 0.655. The van der Waals surface area contributed by atoms with Gasteiger partial charge in [0.05, 0.1) is 0 Å². The zero-order chi connectivity index (χ0) is 7.56. The number of hydrogen-bond acceptors (Lipinski definition) is 2. The molecule has 1 aromatic heterocycles. The minimum atomic E-state index is 0.655. The van der Waals surface area contributed by atoms with Crippen molar-refractivity contribution in [3.05, 3.63) is 12.2 Å². The monoisotopic (exact) mass is 139 g/mol. The summed E-state index contributed by atoms with van der Waals surface area (Å²) in [6.07, 6.45) is 2.74. The summed E-state index contributed by atoms with van der Waals surface area (Å²) < 4.78 is 1.96. The molecule has 0 saturated heterocycles. The molecule has 3 heteroatoms. The fraction of sp³-hybridized carbons (Fsp3) is 0.714. The third-order valence-electron chi connectivity index (χ3n) is 1.40. The Morgan fingerprint density at radius 3 is 2.70 bits per heavy atom. The lowest BCUT2D eigenvalue weighted by Crippen LogP contribution is -2.01. The Hall–Kier alpha value is -0.860. The predicted molar refractivity (Wildman–Crippen MR) is 39.5 cm³/mol. The van der Waals surface area contributed by atoms with Gasteiger partial charge in [0.2, 0.25) is 0 Å². The second-order valence-electron chi connectivity index (χ2n) is 2.96. The van der Waals surface area contributed by atoms with Crippen molar-refractivity contribution in [1.29, 1.82) is 0 Å². The quantitative estimate of drug-likeness (QED) is 0.612. The molecule has 0 aliphatic heterocycles. The van der Waals surface area contributed by atoms with Gasteiger partial charge in [-0.25, -0.2) is 0 Å². The Labute approximate surface area is 61.1 Å². The summed E-state index contributed by atoms with van der Waals surface area (Å²) >= 11 is 0. The molecule has 0 radical (unpaired) electrons. The summed E-state index contributed by atoms with van der Waals surface area (Å²) in [5.41, 5.74) is 0. The fourth-order valence-electron chi connectivity index (χ4n) is 0.857. The Morgan fingerprint density at radius 1 is 1.60 bits per heavy atom. The first kappa shape index (κ1) is 7.25. The maximum atomic E-state index is 3.97.